The summed E-state index contributed by atoms with van der Waals surface area (Å²) in [4.78, 5) is 0. The zero-order valence-electron chi connectivity index (χ0n) is 9.80. The highest BCUT2D eigenvalue weighted by Crippen LogP contribution is 2.55. The molecule has 0 unspecified atom stereocenters. The van der Waals surface area contributed by atoms with Gasteiger partial charge in [-0.2, -0.15) is 35.1 Å². The molecule has 0 bridgehead atoms. The average Bonchev–Trinajstić information content (AvgIpc) is 2.12. The van der Waals surface area contributed by atoms with Crippen LogP contribution in [0.15, 0.2) is 9.66 Å². The van der Waals surface area contributed by atoms with Crippen molar-refractivity contribution in [2.45, 2.75) is 41.1 Å². The second-order valence-corrected chi connectivity index (χ2v) is 6.84. The van der Waals surface area contributed by atoms with E-state index in [9.17, 15) is 40.2 Å². The molecular formula is C9H8F8I2O. The molecule has 0 saturated carbocycles. The van der Waals surface area contributed by atoms with Crippen molar-refractivity contribution in [3.05, 3.63) is 9.66 Å². The van der Waals surface area contributed by atoms with E-state index in [-0.39, 0.29) is 22.6 Å². The summed E-state index contributed by atoms with van der Waals surface area (Å²) >= 11 is 0.692. The Morgan fingerprint density at radius 1 is 0.900 bits per heavy atom. The van der Waals surface area contributed by atoms with Gasteiger partial charge in [0.05, 0.1) is 5.60 Å². The highest BCUT2D eigenvalue weighted by atomic mass is 127. The molecule has 0 aromatic carbocycles. The monoisotopic (exact) mass is 538 g/mol. The lowest BCUT2D eigenvalue weighted by molar-refractivity contribution is -0.329. The molecule has 0 aromatic heterocycles. The van der Waals surface area contributed by atoms with Crippen molar-refractivity contribution in [2.24, 2.45) is 0 Å². The highest BCUT2D eigenvalue weighted by molar-refractivity contribution is 14.1. The van der Waals surface area contributed by atoms with Crippen molar-refractivity contribution < 1.29 is 40.2 Å². The molecule has 0 heterocycles. The summed E-state index contributed by atoms with van der Waals surface area (Å²) in [5.41, 5.74) is -2.01. The summed E-state index contributed by atoms with van der Waals surface area (Å²) in [5, 5.41) is 9.29. The quantitative estimate of drug-likeness (QED) is 0.297. The van der Waals surface area contributed by atoms with Crippen LogP contribution in [0.2, 0.25) is 0 Å². The van der Waals surface area contributed by atoms with Crippen molar-refractivity contribution in [1.29, 1.82) is 0 Å². The van der Waals surface area contributed by atoms with E-state index in [0.29, 0.717) is 0 Å². The molecular weight excluding hydrogens is 530 g/mol. The van der Waals surface area contributed by atoms with Crippen LogP contribution in [0.1, 0.15) is 13.8 Å². The van der Waals surface area contributed by atoms with Crippen molar-refractivity contribution >= 4 is 45.2 Å². The van der Waals surface area contributed by atoms with E-state index in [1.807, 2.05) is 0 Å². The molecule has 0 spiro atoms. The number of alkyl halides is 9. The first-order valence-electron chi connectivity index (χ1n) is 4.69. The highest BCUT2D eigenvalue weighted by Gasteiger charge is 2.79. The molecule has 0 radical (unpaired) electrons. The number of allylic oxidation sites excluding steroid dienone is 1. The molecule has 20 heavy (non-hydrogen) atoms. The predicted octanol–water partition coefficient (Wildman–Crippen LogP) is 5.01. The van der Waals surface area contributed by atoms with E-state index in [1.54, 1.807) is 0 Å². The van der Waals surface area contributed by atoms with Gasteiger partial charge in [-0.15, -0.1) is 0 Å². The maximum atomic E-state index is 13.2. The smallest absolute Gasteiger partial charge is 0.385 e. The Kier molecular flexibility index (Phi) is 5.83. The largest absolute Gasteiger partial charge is 0.387 e. The van der Waals surface area contributed by atoms with Gasteiger partial charge in [-0.1, -0.05) is 0 Å². The zero-order chi connectivity index (χ0) is 16.8. The number of rotatable bonds is 5. The lowest BCUT2D eigenvalue weighted by Gasteiger charge is -2.34. The lowest BCUT2D eigenvalue weighted by Crippen LogP contribution is -2.59. The predicted molar refractivity (Wildman–Crippen MR) is 72.2 cm³/mol. The maximum absolute atomic E-state index is 13.2. The summed E-state index contributed by atoms with van der Waals surface area (Å²) in [6.45, 7) is 1.87. The molecule has 0 aliphatic rings. The summed E-state index contributed by atoms with van der Waals surface area (Å²) in [7, 11) is 0. The maximum Gasteiger partial charge on any atom is 0.387 e. The van der Waals surface area contributed by atoms with Gasteiger partial charge in [0, 0.05) is 32.2 Å². The van der Waals surface area contributed by atoms with E-state index >= 15 is 0 Å². The van der Waals surface area contributed by atoms with E-state index in [4.69, 9.17) is 0 Å². The van der Waals surface area contributed by atoms with Crippen LogP contribution in [0, 0.1) is 0 Å². The number of aliphatic hydroxyl groups is 1. The number of hydrogen-bond acceptors (Lipinski definition) is 1. The molecule has 0 atom stereocenters. The summed E-state index contributed by atoms with van der Waals surface area (Å²) in [6, 6.07) is 0. The molecule has 0 aliphatic heterocycles. The third kappa shape index (κ3) is 3.87. The normalized spacial score (nSPS) is 16.6. The van der Waals surface area contributed by atoms with Crippen molar-refractivity contribution in [2.75, 3.05) is 0 Å². The van der Waals surface area contributed by atoms with Crippen LogP contribution < -0.4 is 0 Å². The van der Waals surface area contributed by atoms with Gasteiger partial charge >= 0.3 is 21.7 Å². The molecule has 1 nitrogen and oxygen atoms in total. The summed E-state index contributed by atoms with van der Waals surface area (Å²) in [5.74, 6) is -18.2. The van der Waals surface area contributed by atoms with Gasteiger partial charge in [-0.05, 0) is 36.4 Å². The second kappa shape index (κ2) is 5.66. The molecule has 0 amide bonds. The van der Waals surface area contributed by atoms with Crippen molar-refractivity contribution in [3.63, 3.8) is 0 Å². The zero-order valence-corrected chi connectivity index (χ0v) is 14.1. The molecule has 120 valence electrons. The Morgan fingerprint density at radius 2 is 1.25 bits per heavy atom. The van der Waals surface area contributed by atoms with Gasteiger partial charge in [0.25, 0.3) is 0 Å². The fourth-order valence-electron chi connectivity index (χ4n) is 0.814. The van der Waals surface area contributed by atoms with Crippen molar-refractivity contribution in [3.8, 4) is 0 Å². The minimum Gasteiger partial charge on any atom is -0.385 e. The Bertz CT molecular complexity index is 394. The minimum atomic E-state index is -6.34. The summed E-state index contributed by atoms with van der Waals surface area (Å²) < 4.78 is 97.2. The standard InChI is InChI=1S/C9H8F8I2O/c1-5(2,20)4(18)3-6(10,11)7(12,13)8(14,15)9(16,17)19/h3,20H,1-2H3/b4-3-. The van der Waals surface area contributed by atoms with Crippen molar-refractivity contribution in [1.82, 2.24) is 0 Å². The fourth-order valence-corrected chi connectivity index (χ4v) is 1.54. The molecule has 0 rings (SSSR count). The minimum absolute atomic E-state index is 0.334. The van der Waals surface area contributed by atoms with Gasteiger partial charge < -0.3 is 5.11 Å². The summed E-state index contributed by atoms with van der Waals surface area (Å²) in [6.07, 6.45) is -0.649. The third-order valence-corrected chi connectivity index (χ3v) is 4.37. The SMILES string of the molecule is CC(C)(O)/C(I)=C/C(F)(F)C(F)(F)C(F)(F)C(F)(F)I. The van der Waals surface area contributed by atoms with Crippen LogP contribution in [0.25, 0.3) is 0 Å². The van der Waals surface area contributed by atoms with Crippen LogP contribution in [-0.2, 0) is 0 Å². The molecule has 0 fully saturated rings. The van der Waals surface area contributed by atoms with E-state index in [0.717, 1.165) is 36.4 Å². The van der Waals surface area contributed by atoms with Crippen LogP contribution in [-0.4, -0.2) is 32.4 Å². The Balaban J connectivity index is 5.84. The van der Waals surface area contributed by atoms with Gasteiger partial charge in [0.2, 0.25) is 0 Å². The van der Waals surface area contributed by atoms with Gasteiger partial charge in [-0.3, -0.25) is 0 Å². The Morgan fingerprint density at radius 3 is 1.50 bits per heavy atom. The Labute approximate surface area is 136 Å². The molecule has 0 saturated heterocycles. The van der Waals surface area contributed by atoms with E-state index in [2.05, 4.69) is 0 Å². The lowest BCUT2D eigenvalue weighted by atomic mass is 10.0. The molecule has 1 N–H and O–H groups in total. The number of hydrogen-bond donors (Lipinski definition) is 1. The topological polar surface area (TPSA) is 20.2 Å². The van der Waals surface area contributed by atoms with Crippen LogP contribution in [0.5, 0.6) is 0 Å². The molecule has 11 heteroatoms. The van der Waals surface area contributed by atoms with Gasteiger partial charge in [0.1, 0.15) is 0 Å². The Hall–Kier alpha value is 0.600. The van der Waals surface area contributed by atoms with E-state index < -0.39 is 37.0 Å². The fraction of sp³-hybridized carbons (Fsp3) is 0.778. The molecule has 0 aromatic rings. The number of halogens is 10. The van der Waals surface area contributed by atoms with Crippen LogP contribution >= 0.6 is 45.2 Å². The first-order chi connectivity index (χ1) is 8.38. The molecule has 0 aliphatic carbocycles. The van der Waals surface area contributed by atoms with Gasteiger partial charge in [-0.25, -0.2) is 0 Å². The van der Waals surface area contributed by atoms with Crippen LogP contribution in [0.3, 0.4) is 0 Å². The van der Waals surface area contributed by atoms with Gasteiger partial charge in [0.15, 0.2) is 0 Å². The van der Waals surface area contributed by atoms with Crippen LogP contribution in [0.4, 0.5) is 35.1 Å². The average molecular weight is 538 g/mol. The first-order valence-corrected chi connectivity index (χ1v) is 6.85. The first kappa shape index (κ1) is 20.6. The van der Waals surface area contributed by atoms with E-state index in [1.165, 1.54) is 0 Å². The third-order valence-electron chi connectivity index (χ3n) is 2.06. The second-order valence-electron chi connectivity index (χ2n) is 4.32.